The number of rotatable bonds is 4. The van der Waals surface area contributed by atoms with Crippen LogP contribution in [-0.4, -0.2) is 24.1 Å². The van der Waals surface area contributed by atoms with E-state index in [9.17, 15) is 9.59 Å². The second-order valence-electron chi connectivity index (χ2n) is 3.49. The molecule has 1 N–H and O–H groups in total. The zero-order chi connectivity index (χ0) is 12.3. The summed E-state index contributed by atoms with van der Waals surface area (Å²) in [4.78, 5) is 22.5. The molecule has 1 aromatic rings. The summed E-state index contributed by atoms with van der Waals surface area (Å²) < 4.78 is 9.86. The molecule has 0 fully saturated rings. The van der Waals surface area contributed by atoms with Crippen molar-refractivity contribution in [2.45, 2.75) is 26.4 Å². The maximum atomic E-state index is 11.4. The molecule has 5 heteroatoms. The van der Waals surface area contributed by atoms with E-state index < -0.39 is 11.7 Å². The van der Waals surface area contributed by atoms with Gasteiger partial charge in [0.15, 0.2) is 5.78 Å². The first kappa shape index (κ1) is 12.4. The molecule has 0 saturated heterocycles. The molecule has 1 aromatic heterocycles. The van der Waals surface area contributed by atoms with Crippen LogP contribution in [0, 0.1) is 6.92 Å². The van der Waals surface area contributed by atoms with Gasteiger partial charge in [-0.15, -0.1) is 0 Å². The second kappa shape index (κ2) is 4.94. The van der Waals surface area contributed by atoms with Crippen LogP contribution in [0.15, 0.2) is 15.3 Å². The molecule has 1 rings (SSSR count). The number of methoxy groups -OCH3 is 1. The summed E-state index contributed by atoms with van der Waals surface area (Å²) in [6, 6.07) is 1.18. The van der Waals surface area contributed by atoms with Crippen LogP contribution in [0.3, 0.4) is 0 Å². The van der Waals surface area contributed by atoms with Crippen LogP contribution < -0.4 is 10.4 Å². The Morgan fingerprint density at radius 2 is 2.25 bits per heavy atom. The van der Waals surface area contributed by atoms with E-state index in [0.29, 0.717) is 17.1 Å². The average Bonchev–Trinajstić information content (AvgIpc) is 2.21. The average molecular weight is 226 g/mol. The Balaban J connectivity index is 3.12. The number of aryl methyl sites for hydroxylation is 1. The molecule has 0 aliphatic heterocycles. The Morgan fingerprint density at radius 3 is 2.75 bits per heavy atom. The number of aliphatic hydroxyl groups is 1. The molecular formula is C11H14O5. The van der Waals surface area contributed by atoms with Crippen LogP contribution >= 0.6 is 0 Å². The maximum Gasteiger partial charge on any atom is 0.339 e. The van der Waals surface area contributed by atoms with E-state index >= 15 is 0 Å². The molecule has 1 heterocycles. The van der Waals surface area contributed by atoms with Gasteiger partial charge in [-0.1, -0.05) is 0 Å². The van der Waals surface area contributed by atoms with Crippen molar-refractivity contribution in [3.63, 3.8) is 0 Å². The van der Waals surface area contributed by atoms with Gasteiger partial charge in [0, 0.05) is 12.0 Å². The minimum atomic E-state index is -1.05. The smallest absolute Gasteiger partial charge is 0.339 e. The molecule has 0 unspecified atom stereocenters. The van der Waals surface area contributed by atoms with Crippen molar-refractivity contribution in [2.24, 2.45) is 0 Å². The molecule has 1 atom stereocenters. The van der Waals surface area contributed by atoms with Crippen LogP contribution in [0.2, 0.25) is 0 Å². The SMILES string of the molecule is COc1cc(=O)oc(C)c1CC(=O)[C@H](C)O. The summed E-state index contributed by atoms with van der Waals surface area (Å²) in [5.74, 6) is 0.288. The molecule has 0 bridgehead atoms. The molecule has 0 saturated carbocycles. The van der Waals surface area contributed by atoms with Crippen LogP contribution in [-0.2, 0) is 11.2 Å². The minimum absolute atomic E-state index is 0.0174. The molecular weight excluding hydrogens is 212 g/mol. The summed E-state index contributed by atoms with van der Waals surface area (Å²) in [5.41, 5.74) is -0.0319. The molecule has 16 heavy (non-hydrogen) atoms. The quantitative estimate of drug-likeness (QED) is 0.806. The Morgan fingerprint density at radius 1 is 1.62 bits per heavy atom. The van der Waals surface area contributed by atoms with Crippen molar-refractivity contribution in [3.8, 4) is 5.75 Å². The third-order valence-corrected chi connectivity index (χ3v) is 2.26. The first-order chi connectivity index (χ1) is 7.45. The molecule has 5 nitrogen and oxygen atoms in total. The predicted octanol–water partition coefficient (Wildman–Crippen LogP) is 0.449. The topological polar surface area (TPSA) is 76.7 Å². The molecule has 0 amide bonds. The molecule has 0 aromatic carbocycles. The Kier molecular flexibility index (Phi) is 3.84. The van der Waals surface area contributed by atoms with Gasteiger partial charge in [-0.2, -0.15) is 0 Å². The number of aliphatic hydroxyl groups excluding tert-OH is 1. The van der Waals surface area contributed by atoms with Crippen molar-refractivity contribution < 1.29 is 19.1 Å². The van der Waals surface area contributed by atoms with Crippen LogP contribution in [0.4, 0.5) is 0 Å². The first-order valence-corrected chi connectivity index (χ1v) is 4.84. The fraction of sp³-hybridized carbons (Fsp3) is 0.455. The van der Waals surface area contributed by atoms with E-state index in [1.807, 2.05) is 0 Å². The summed E-state index contributed by atoms with van der Waals surface area (Å²) in [7, 11) is 1.41. The van der Waals surface area contributed by atoms with Gasteiger partial charge >= 0.3 is 5.63 Å². The Bertz CT molecular complexity index is 444. The van der Waals surface area contributed by atoms with Gasteiger partial charge in [-0.25, -0.2) is 4.79 Å². The summed E-state index contributed by atoms with van der Waals surface area (Å²) >= 11 is 0. The molecule has 88 valence electrons. The van der Waals surface area contributed by atoms with Crippen LogP contribution in [0.25, 0.3) is 0 Å². The van der Waals surface area contributed by atoms with Gasteiger partial charge in [-0.05, 0) is 13.8 Å². The molecule has 0 aliphatic carbocycles. The van der Waals surface area contributed by atoms with Crippen molar-refractivity contribution in [3.05, 3.63) is 27.8 Å². The maximum absolute atomic E-state index is 11.4. The van der Waals surface area contributed by atoms with Crippen molar-refractivity contribution in [1.29, 1.82) is 0 Å². The van der Waals surface area contributed by atoms with E-state index in [-0.39, 0.29) is 12.2 Å². The number of hydrogen-bond donors (Lipinski definition) is 1. The van der Waals surface area contributed by atoms with Gasteiger partial charge < -0.3 is 14.3 Å². The zero-order valence-corrected chi connectivity index (χ0v) is 9.44. The highest BCUT2D eigenvalue weighted by Crippen LogP contribution is 2.20. The van der Waals surface area contributed by atoms with Gasteiger partial charge in [0.1, 0.15) is 17.6 Å². The standard InChI is InChI=1S/C11H14O5/c1-6(12)9(13)4-8-7(2)16-11(14)5-10(8)15-3/h5-6,12H,4H2,1-3H3/t6-/m0/s1. The number of ketones is 1. The number of hydrogen-bond acceptors (Lipinski definition) is 5. The largest absolute Gasteiger partial charge is 0.496 e. The molecule has 0 spiro atoms. The van der Waals surface area contributed by atoms with E-state index in [2.05, 4.69) is 0 Å². The Labute approximate surface area is 92.7 Å². The molecule has 0 aliphatic rings. The fourth-order valence-electron chi connectivity index (χ4n) is 1.33. The van der Waals surface area contributed by atoms with Crippen molar-refractivity contribution in [1.82, 2.24) is 0 Å². The highest BCUT2D eigenvalue weighted by atomic mass is 16.5. The number of carbonyl (C=O) groups is 1. The minimum Gasteiger partial charge on any atom is -0.496 e. The number of ether oxygens (including phenoxy) is 1. The lowest BCUT2D eigenvalue weighted by atomic mass is 10.1. The van der Waals surface area contributed by atoms with Gasteiger partial charge in [0.05, 0.1) is 13.2 Å². The number of carbonyl (C=O) groups excluding carboxylic acids is 1. The summed E-state index contributed by atoms with van der Waals surface area (Å²) in [5, 5.41) is 9.11. The van der Waals surface area contributed by atoms with Crippen molar-refractivity contribution in [2.75, 3.05) is 7.11 Å². The monoisotopic (exact) mass is 226 g/mol. The van der Waals surface area contributed by atoms with E-state index in [1.165, 1.54) is 20.1 Å². The second-order valence-corrected chi connectivity index (χ2v) is 3.49. The lowest BCUT2D eigenvalue weighted by Gasteiger charge is -2.10. The van der Waals surface area contributed by atoms with Crippen LogP contribution in [0.5, 0.6) is 5.75 Å². The number of Topliss-reactive ketones (excluding diaryl/α,β-unsaturated/α-hetero) is 1. The highest BCUT2D eigenvalue weighted by Gasteiger charge is 2.17. The van der Waals surface area contributed by atoms with E-state index in [0.717, 1.165) is 0 Å². The first-order valence-electron chi connectivity index (χ1n) is 4.84. The lowest BCUT2D eigenvalue weighted by Crippen LogP contribution is -2.19. The fourth-order valence-corrected chi connectivity index (χ4v) is 1.33. The third-order valence-electron chi connectivity index (χ3n) is 2.26. The van der Waals surface area contributed by atoms with Gasteiger partial charge in [0.25, 0.3) is 0 Å². The zero-order valence-electron chi connectivity index (χ0n) is 9.44. The third kappa shape index (κ3) is 2.70. The molecule has 0 radical (unpaired) electrons. The van der Waals surface area contributed by atoms with Crippen molar-refractivity contribution >= 4 is 5.78 Å². The summed E-state index contributed by atoms with van der Waals surface area (Å²) in [6.45, 7) is 2.97. The highest BCUT2D eigenvalue weighted by molar-refractivity contribution is 5.85. The summed E-state index contributed by atoms with van der Waals surface area (Å²) in [6.07, 6.45) is -1.06. The Hall–Kier alpha value is -1.62. The lowest BCUT2D eigenvalue weighted by molar-refractivity contribution is -0.125. The van der Waals surface area contributed by atoms with E-state index in [1.54, 1.807) is 6.92 Å². The predicted molar refractivity (Wildman–Crippen MR) is 56.7 cm³/mol. The van der Waals surface area contributed by atoms with E-state index in [4.69, 9.17) is 14.3 Å². The van der Waals surface area contributed by atoms with Crippen LogP contribution in [0.1, 0.15) is 18.2 Å². The van der Waals surface area contributed by atoms with Gasteiger partial charge in [-0.3, -0.25) is 4.79 Å². The normalized spacial score (nSPS) is 12.2. The van der Waals surface area contributed by atoms with Gasteiger partial charge in [0.2, 0.25) is 0 Å².